The van der Waals surface area contributed by atoms with Crippen LogP contribution in [0.5, 0.6) is 0 Å². The van der Waals surface area contributed by atoms with Crippen LogP contribution in [0.2, 0.25) is 51.4 Å². The van der Waals surface area contributed by atoms with Crippen LogP contribution >= 0.6 is 0 Å². The van der Waals surface area contributed by atoms with Crippen LogP contribution in [-0.2, 0) is 45.3 Å². The lowest BCUT2D eigenvalue weighted by Crippen LogP contribution is -2.41. The molecule has 0 amide bonds. The van der Waals surface area contributed by atoms with Gasteiger partial charge in [0.2, 0.25) is 0 Å². The Labute approximate surface area is 219 Å². The lowest BCUT2D eigenvalue weighted by atomic mass is 9.81. The van der Waals surface area contributed by atoms with E-state index >= 15 is 0 Å². The lowest BCUT2D eigenvalue weighted by molar-refractivity contribution is -0.0646. The van der Waals surface area contributed by atoms with E-state index in [9.17, 15) is 0 Å². The van der Waals surface area contributed by atoms with E-state index in [1.54, 1.807) is 7.11 Å². The van der Waals surface area contributed by atoms with Crippen molar-refractivity contribution in [1.29, 1.82) is 0 Å². The van der Waals surface area contributed by atoms with Gasteiger partial charge in [0, 0.05) is 86.1 Å². The number of ether oxygens (including phenoxy) is 4. The molecule has 0 aliphatic heterocycles. The van der Waals surface area contributed by atoms with Gasteiger partial charge in [-0.25, -0.2) is 9.97 Å². The molecule has 206 valence electrons. The van der Waals surface area contributed by atoms with Gasteiger partial charge in [-0.15, -0.1) is 0 Å². The van der Waals surface area contributed by atoms with E-state index in [-0.39, 0.29) is 6.79 Å². The van der Waals surface area contributed by atoms with Crippen LogP contribution in [0.3, 0.4) is 0 Å². The summed E-state index contributed by atoms with van der Waals surface area (Å²) in [6, 6.07) is 2.27. The smallest absolute Gasteiger partial charge is 0.146 e. The molecule has 0 bridgehead atoms. The largest absolute Gasteiger partial charge is 0.361 e. The Bertz CT molecular complexity index is 814. The van der Waals surface area contributed by atoms with Gasteiger partial charge in [0.15, 0.2) is 0 Å². The molecule has 0 saturated carbocycles. The Balaban J connectivity index is 2.10. The summed E-state index contributed by atoms with van der Waals surface area (Å²) in [7, 11) is -0.639. The Kier molecular flexibility index (Phi) is 12.5. The van der Waals surface area contributed by atoms with Crippen molar-refractivity contribution in [3.05, 3.63) is 36.4 Å². The first-order valence-corrected chi connectivity index (χ1v) is 20.3. The first-order chi connectivity index (χ1) is 17.0. The van der Waals surface area contributed by atoms with Gasteiger partial charge in [0.1, 0.15) is 31.9 Å². The van der Waals surface area contributed by atoms with Gasteiger partial charge >= 0.3 is 0 Å². The highest BCUT2D eigenvalue weighted by atomic mass is 28.3. The van der Waals surface area contributed by atoms with Crippen LogP contribution < -0.4 is 5.73 Å². The standard InChI is InChI=1S/C25H49N5O4Si2/c1-31-22-34-19-25(18-26,16-23-27-8-10-29(23)20-32-12-14-35(2,3)4)17-24-28-9-11-30(24)21-33-13-15-36(5,6)7/h8-11H,12-22,26H2,1-7H3. The predicted octanol–water partition coefficient (Wildman–Crippen LogP) is 4.06. The van der Waals surface area contributed by atoms with Crippen molar-refractivity contribution in [2.24, 2.45) is 11.1 Å². The monoisotopic (exact) mass is 539 g/mol. The number of methoxy groups -OCH3 is 1. The number of nitrogens with two attached hydrogens (primary N) is 1. The molecular formula is C25H49N5O4Si2. The highest BCUT2D eigenvalue weighted by molar-refractivity contribution is 6.76. The van der Waals surface area contributed by atoms with Crippen molar-refractivity contribution in [2.45, 2.75) is 77.7 Å². The molecule has 0 saturated heterocycles. The number of imidazole rings is 2. The summed E-state index contributed by atoms with van der Waals surface area (Å²) in [5.74, 6) is 1.86. The number of nitrogens with zero attached hydrogens (tertiary/aromatic N) is 4. The molecule has 0 aliphatic rings. The third-order valence-corrected chi connectivity index (χ3v) is 9.57. The summed E-state index contributed by atoms with van der Waals surface area (Å²) in [4.78, 5) is 9.28. The van der Waals surface area contributed by atoms with Crippen LogP contribution in [-0.4, -0.2) is 75.5 Å². The van der Waals surface area contributed by atoms with E-state index in [1.165, 1.54) is 0 Å². The van der Waals surface area contributed by atoms with Crippen molar-refractivity contribution in [3.8, 4) is 0 Å². The number of hydrogen-bond acceptors (Lipinski definition) is 7. The van der Waals surface area contributed by atoms with E-state index in [4.69, 9.17) is 24.7 Å². The first kappa shape index (κ1) is 30.9. The second-order valence-corrected chi connectivity index (χ2v) is 23.4. The van der Waals surface area contributed by atoms with Gasteiger partial charge < -0.3 is 33.8 Å². The molecular weight excluding hydrogens is 490 g/mol. The Hall–Kier alpha value is -1.35. The minimum atomic E-state index is -1.13. The fourth-order valence-electron chi connectivity index (χ4n) is 3.71. The minimum Gasteiger partial charge on any atom is -0.361 e. The van der Waals surface area contributed by atoms with Crippen molar-refractivity contribution in [3.63, 3.8) is 0 Å². The predicted molar refractivity (Wildman–Crippen MR) is 149 cm³/mol. The normalized spacial score (nSPS) is 13.0. The van der Waals surface area contributed by atoms with Gasteiger partial charge in [-0.3, -0.25) is 0 Å². The zero-order chi connectivity index (χ0) is 26.7. The number of hydrogen-bond donors (Lipinski definition) is 1. The van der Waals surface area contributed by atoms with Gasteiger partial charge in [-0.1, -0.05) is 39.3 Å². The summed E-state index contributed by atoms with van der Waals surface area (Å²) in [6.07, 6.45) is 8.86. The highest BCUT2D eigenvalue weighted by Crippen LogP contribution is 2.27. The molecule has 11 heteroatoms. The maximum atomic E-state index is 6.41. The van der Waals surface area contributed by atoms with E-state index in [1.807, 2.05) is 24.8 Å². The molecule has 2 rings (SSSR count). The van der Waals surface area contributed by atoms with Crippen LogP contribution in [0.4, 0.5) is 0 Å². The maximum absolute atomic E-state index is 6.41. The zero-order valence-corrected chi connectivity index (χ0v) is 25.6. The van der Waals surface area contributed by atoms with E-state index in [0.29, 0.717) is 39.5 Å². The summed E-state index contributed by atoms with van der Waals surface area (Å²) in [5.41, 5.74) is 6.01. The van der Waals surface area contributed by atoms with Gasteiger partial charge in [0.05, 0.1) is 6.61 Å². The van der Waals surface area contributed by atoms with E-state index in [0.717, 1.165) is 37.0 Å². The summed E-state index contributed by atoms with van der Waals surface area (Å²) in [5, 5.41) is 0. The maximum Gasteiger partial charge on any atom is 0.146 e. The summed E-state index contributed by atoms with van der Waals surface area (Å²) < 4.78 is 27.1. The molecule has 0 aromatic carbocycles. The molecule has 0 fully saturated rings. The van der Waals surface area contributed by atoms with Gasteiger partial charge in [-0.2, -0.15) is 0 Å². The van der Waals surface area contributed by atoms with Crippen LogP contribution in [0, 0.1) is 5.41 Å². The molecule has 0 atom stereocenters. The molecule has 9 nitrogen and oxygen atoms in total. The second kappa shape index (κ2) is 14.6. The summed E-state index contributed by atoms with van der Waals surface area (Å²) in [6.45, 7) is 17.7. The quantitative estimate of drug-likeness (QED) is 0.163. The Morgan fingerprint density at radius 1 is 0.806 bits per heavy atom. The van der Waals surface area contributed by atoms with Crippen LogP contribution in [0.25, 0.3) is 0 Å². The number of aromatic nitrogens is 4. The average molecular weight is 540 g/mol. The Morgan fingerprint density at radius 3 is 1.67 bits per heavy atom. The first-order valence-electron chi connectivity index (χ1n) is 12.9. The third-order valence-electron chi connectivity index (χ3n) is 6.17. The SMILES string of the molecule is COCOCC(CN)(Cc1nccn1COCC[Si](C)(C)C)Cc1nccn1COCC[Si](C)(C)C. The molecule has 2 heterocycles. The average Bonchev–Trinajstić information content (AvgIpc) is 3.42. The fraction of sp³-hybridized carbons (Fsp3) is 0.760. The lowest BCUT2D eigenvalue weighted by Gasteiger charge is -2.32. The minimum absolute atomic E-state index is 0.213. The molecule has 0 unspecified atom stereocenters. The topological polar surface area (TPSA) is 98.6 Å². The van der Waals surface area contributed by atoms with E-state index in [2.05, 4.69) is 58.4 Å². The van der Waals surface area contributed by atoms with Crippen molar-refractivity contribution in [1.82, 2.24) is 19.1 Å². The van der Waals surface area contributed by atoms with Crippen LogP contribution in [0.1, 0.15) is 11.6 Å². The van der Waals surface area contributed by atoms with Crippen molar-refractivity contribution in [2.75, 3.05) is 40.3 Å². The molecule has 0 radical (unpaired) electrons. The van der Waals surface area contributed by atoms with Crippen LogP contribution in [0.15, 0.2) is 24.8 Å². The van der Waals surface area contributed by atoms with Gasteiger partial charge in [-0.05, 0) is 12.1 Å². The van der Waals surface area contributed by atoms with Crippen molar-refractivity contribution < 1.29 is 18.9 Å². The molecule has 2 N–H and O–H groups in total. The second-order valence-electron chi connectivity index (χ2n) is 12.1. The van der Waals surface area contributed by atoms with Crippen molar-refractivity contribution >= 4 is 16.1 Å². The number of rotatable bonds is 19. The molecule has 0 spiro atoms. The Morgan fingerprint density at radius 2 is 1.28 bits per heavy atom. The zero-order valence-electron chi connectivity index (χ0n) is 23.6. The molecule has 2 aromatic heterocycles. The third kappa shape index (κ3) is 11.4. The highest BCUT2D eigenvalue weighted by Gasteiger charge is 2.33. The molecule has 0 aliphatic carbocycles. The molecule has 36 heavy (non-hydrogen) atoms. The van der Waals surface area contributed by atoms with E-state index < -0.39 is 21.6 Å². The molecule has 2 aromatic rings. The summed E-state index contributed by atoms with van der Waals surface area (Å²) >= 11 is 0. The van der Waals surface area contributed by atoms with Gasteiger partial charge in [0.25, 0.3) is 0 Å². The fourth-order valence-corrected chi connectivity index (χ4v) is 5.23.